The zero-order valence-corrected chi connectivity index (χ0v) is 6.29. The van der Waals surface area contributed by atoms with Gasteiger partial charge in [0.15, 0.2) is 0 Å². The van der Waals surface area contributed by atoms with Crippen molar-refractivity contribution in [3.63, 3.8) is 0 Å². The van der Waals surface area contributed by atoms with Crippen LogP contribution in [0.25, 0.3) is 0 Å². The minimum absolute atomic E-state index is 0.999. The van der Waals surface area contributed by atoms with Crippen LogP contribution in [0.15, 0.2) is 0 Å². The molecule has 0 aliphatic carbocycles. The van der Waals surface area contributed by atoms with Crippen LogP contribution >= 0.6 is 0 Å². The van der Waals surface area contributed by atoms with Crippen LogP contribution in [0.4, 0.5) is 0 Å². The molecule has 4 heterocycles. The monoisotopic (exact) mass is 138 g/mol. The molecule has 4 rings (SSSR count). The van der Waals surface area contributed by atoms with Gasteiger partial charge < -0.3 is 4.90 Å². The predicted molar refractivity (Wildman–Crippen MR) is 39.9 cm³/mol. The summed E-state index contributed by atoms with van der Waals surface area (Å²) in [6.45, 7) is 6.88. The van der Waals surface area contributed by atoms with Crippen molar-refractivity contribution in [3.8, 4) is 0 Å². The van der Waals surface area contributed by atoms with Crippen molar-refractivity contribution >= 4 is 0 Å². The average Bonchev–Trinajstić information content (AvgIpc) is 1.92. The van der Waals surface area contributed by atoms with E-state index in [4.69, 9.17) is 0 Å². The molecule has 10 heavy (non-hydrogen) atoms. The van der Waals surface area contributed by atoms with Crippen molar-refractivity contribution in [3.05, 3.63) is 0 Å². The van der Waals surface area contributed by atoms with E-state index in [2.05, 4.69) is 9.80 Å². The third-order valence-corrected chi connectivity index (χ3v) is 3.41. The topological polar surface area (TPSA) is 6.48 Å². The summed E-state index contributed by atoms with van der Waals surface area (Å²) >= 11 is 0. The summed E-state index contributed by atoms with van der Waals surface area (Å²) < 4.78 is 0. The first-order valence-corrected chi connectivity index (χ1v) is 4.40. The Morgan fingerprint density at radius 1 is 1.00 bits per heavy atom. The average molecular weight is 138 g/mol. The summed E-state index contributed by atoms with van der Waals surface area (Å²) in [4.78, 5) is 5.25. The second-order valence-corrected chi connectivity index (χ2v) is 3.91. The molecule has 0 amide bonds. The Morgan fingerprint density at radius 2 is 1.90 bits per heavy atom. The number of hydrogen-bond donors (Lipinski definition) is 0. The van der Waals surface area contributed by atoms with E-state index in [0.29, 0.717) is 0 Å². The van der Waals surface area contributed by atoms with Crippen molar-refractivity contribution in [2.75, 3.05) is 32.7 Å². The molecule has 2 bridgehead atoms. The van der Waals surface area contributed by atoms with E-state index in [0.717, 1.165) is 12.0 Å². The van der Waals surface area contributed by atoms with Gasteiger partial charge in [-0.2, -0.15) is 0 Å². The van der Waals surface area contributed by atoms with Gasteiger partial charge in [0.1, 0.15) is 0 Å². The molecule has 56 valence electrons. The van der Waals surface area contributed by atoms with Crippen LogP contribution in [-0.2, 0) is 0 Å². The second-order valence-electron chi connectivity index (χ2n) is 3.91. The molecule has 4 saturated heterocycles. The van der Waals surface area contributed by atoms with Crippen molar-refractivity contribution < 1.29 is 0 Å². The molecule has 4 aliphatic rings. The minimum atomic E-state index is 0.999. The van der Waals surface area contributed by atoms with E-state index < -0.39 is 0 Å². The van der Waals surface area contributed by atoms with Crippen LogP contribution in [0.3, 0.4) is 0 Å². The largest absolute Gasteiger partial charge is 0.301 e. The molecule has 4 fully saturated rings. The third kappa shape index (κ3) is 0.565. The highest BCUT2D eigenvalue weighted by Gasteiger charge is 2.43. The van der Waals surface area contributed by atoms with E-state index in [1.165, 1.54) is 39.1 Å². The summed E-state index contributed by atoms with van der Waals surface area (Å²) in [5.41, 5.74) is 0. The number of hydrogen-bond acceptors (Lipinski definition) is 2. The summed E-state index contributed by atoms with van der Waals surface area (Å²) in [5, 5.41) is 0. The van der Waals surface area contributed by atoms with Crippen LogP contribution in [0, 0.1) is 5.92 Å². The van der Waals surface area contributed by atoms with E-state index in [9.17, 15) is 0 Å². The lowest BCUT2D eigenvalue weighted by atomic mass is 9.85. The first-order chi connectivity index (χ1) is 4.93. The van der Waals surface area contributed by atoms with Gasteiger partial charge in [0.25, 0.3) is 0 Å². The lowest BCUT2D eigenvalue weighted by molar-refractivity contribution is 0.0270. The van der Waals surface area contributed by atoms with Crippen molar-refractivity contribution in [2.45, 2.75) is 12.5 Å². The normalized spacial score (nSPS) is 52.2. The maximum absolute atomic E-state index is 2.66. The first-order valence-electron chi connectivity index (χ1n) is 4.40. The molecule has 2 nitrogen and oxygen atoms in total. The standard InChI is InChI=1S/C8H14N2/c1-2-10-4-3-9-5-7(6-9)8(1)10/h7-8H,1-6H2. The second kappa shape index (κ2) is 1.74. The van der Waals surface area contributed by atoms with E-state index in [1.807, 2.05) is 0 Å². The van der Waals surface area contributed by atoms with E-state index in [-0.39, 0.29) is 0 Å². The maximum Gasteiger partial charge on any atom is 0.0161 e. The molecule has 1 unspecified atom stereocenters. The van der Waals surface area contributed by atoms with Crippen molar-refractivity contribution in [2.24, 2.45) is 5.92 Å². The molecule has 0 radical (unpaired) electrons. The minimum Gasteiger partial charge on any atom is -0.301 e. The quantitative estimate of drug-likeness (QED) is 0.465. The lowest BCUT2D eigenvalue weighted by Crippen LogP contribution is -2.56. The summed E-state index contributed by atoms with van der Waals surface area (Å²) in [5.74, 6) is 1.05. The molecular formula is C8H14N2. The van der Waals surface area contributed by atoms with Crippen LogP contribution in [-0.4, -0.2) is 48.6 Å². The van der Waals surface area contributed by atoms with Crippen LogP contribution < -0.4 is 0 Å². The Labute approximate surface area is 61.8 Å². The summed E-state index contributed by atoms with van der Waals surface area (Å²) in [6.07, 6.45) is 1.48. The highest BCUT2D eigenvalue weighted by molar-refractivity contribution is 4.99. The predicted octanol–water partition coefficient (Wildman–Crippen LogP) is 0.00610. The Morgan fingerprint density at radius 3 is 2.60 bits per heavy atom. The zero-order chi connectivity index (χ0) is 6.55. The van der Waals surface area contributed by atoms with Gasteiger partial charge in [-0.15, -0.1) is 0 Å². The van der Waals surface area contributed by atoms with E-state index in [1.54, 1.807) is 0 Å². The molecule has 0 N–H and O–H groups in total. The highest BCUT2D eigenvalue weighted by Crippen LogP contribution is 2.33. The number of nitrogens with zero attached hydrogens (tertiary/aromatic N) is 2. The molecule has 1 atom stereocenters. The Balaban J connectivity index is 1.81. The number of fused-ring (bicyclic) bond motifs is 1. The fraction of sp³-hybridized carbons (Fsp3) is 1.00. The molecule has 0 saturated carbocycles. The third-order valence-electron chi connectivity index (χ3n) is 3.41. The zero-order valence-electron chi connectivity index (χ0n) is 6.29. The van der Waals surface area contributed by atoms with Gasteiger partial charge in [-0.3, -0.25) is 4.90 Å². The fourth-order valence-electron chi connectivity index (χ4n) is 2.58. The van der Waals surface area contributed by atoms with Crippen molar-refractivity contribution in [1.29, 1.82) is 0 Å². The van der Waals surface area contributed by atoms with Gasteiger partial charge in [0.2, 0.25) is 0 Å². The molecule has 4 aliphatic heterocycles. The van der Waals surface area contributed by atoms with Gasteiger partial charge >= 0.3 is 0 Å². The Hall–Kier alpha value is -0.0800. The van der Waals surface area contributed by atoms with Crippen molar-refractivity contribution in [1.82, 2.24) is 9.80 Å². The SMILES string of the molecule is C1CN2CCN3CC(C3)C12. The Bertz CT molecular complexity index is 147. The first kappa shape index (κ1) is 5.56. The van der Waals surface area contributed by atoms with Crippen LogP contribution in [0.1, 0.15) is 6.42 Å². The van der Waals surface area contributed by atoms with E-state index >= 15 is 0 Å². The summed E-state index contributed by atoms with van der Waals surface area (Å²) in [6, 6.07) is 0.999. The fourth-order valence-corrected chi connectivity index (χ4v) is 2.58. The van der Waals surface area contributed by atoms with Gasteiger partial charge in [-0.05, 0) is 18.9 Å². The van der Waals surface area contributed by atoms with Gasteiger partial charge in [-0.25, -0.2) is 0 Å². The maximum atomic E-state index is 2.66. The molecule has 0 aromatic rings. The number of rotatable bonds is 0. The summed E-state index contributed by atoms with van der Waals surface area (Å²) in [7, 11) is 0. The van der Waals surface area contributed by atoms with Gasteiger partial charge in [0, 0.05) is 32.2 Å². The van der Waals surface area contributed by atoms with Crippen LogP contribution in [0.5, 0.6) is 0 Å². The lowest BCUT2D eigenvalue weighted by Gasteiger charge is -2.47. The van der Waals surface area contributed by atoms with Gasteiger partial charge in [-0.1, -0.05) is 0 Å². The van der Waals surface area contributed by atoms with Crippen LogP contribution in [0.2, 0.25) is 0 Å². The molecule has 2 heteroatoms. The smallest absolute Gasteiger partial charge is 0.0161 e. The Kier molecular flexibility index (Phi) is 0.968. The molecule has 0 spiro atoms. The molecular weight excluding hydrogens is 124 g/mol. The molecule has 0 aromatic heterocycles. The molecule has 0 aromatic carbocycles. The highest BCUT2D eigenvalue weighted by atomic mass is 15.3. The van der Waals surface area contributed by atoms with Gasteiger partial charge in [0.05, 0.1) is 0 Å².